The molecule has 0 bridgehead atoms. The zero-order valence-electron chi connectivity index (χ0n) is 8.80. The first-order chi connectivity index (χ1) is 7.41. The SMILES string of the molecule is CCC(=O)OC/C(I)=C/C(F)(F)CCC#N. The fraction of sp³-hybridized carbons (Fsp3) is 0.600. The first kappa shape index (κ1) is 15.3. The molecule has 0 aliphatic heterocycles. The number of esters is 1. The number of hydrogen-bond acceptors (Lipinski definition) is 3. The lowest BCUT2D eigenvalue weighted by Gasteiger charge is -2.10. The molecule has 0 N–H and O–H groups in total. The minimum atomic E-state index is -3.02. The summed E-state index contributed by atoms with van der Waals surface area (Å²) < 4.78 is 31.1. The first-order valence-corrected chi connectivity index (χ1v) is 5.76. The highest BCUT2D eigenvalue weighted by Crippen LogP contribution is 2.25. The molecule has 3 nitrogen and oxygen atoms in total. The molecule has 16 heavy (non-hydrogen) atoms. The molecule has 0 unspecified atom stereocenters. The summed E-state index contributed by atoms with van der Waals surface area (Å²) in [7, 11) is 0. The number of allylic oxidation sites excluding steroid dienone is 1. The van der Waals surface area contributed by atoms with E-state index in [0.29, 0.717) is 0 Å². The molecular weight excluding hydrogens is 331 g/mol. The van der Waals surface area contributed by atoms with Crippen LogP contribution in [0.15, 0.2) is 9.66 Å². The molecule has 0 rings (SSSR count). The molecule has 0 heterocycles. The van der Waals surface area contributed by atoms with Crippen molar-refractivity contribution in [2.24, 2.45) is 0 Å². The van der Waals surface area contributed by atoms with Gasteiger partial charge in [0.2, 0.25) is 0 Å². The first-order valence-electron chi connectivity index (χ1n) is 4.69. The highest BCUT2D eigenvalue weighted by atomic mass is 127. The van der Waals surface area contributed by atoms with Gasteiger partial charge in [-0.3, -0.25) is 4.79 Å². The summed E-state index contributed by atoms with van der Waals surface area (Å²) in [5, 5.41) is 8.20. The van der Waals surface area contributed by atoms with E-state index >= 15 is 0 Å². The molecule has 0 radical (unpaired) electrons. The van der Waals surface area contributed by atoms with Gasteiger partial charge in [0, 0.05) is 22.8 Å². The van der Waals surface area contributed by atoms with Crippen molar-refractivity contribution in [3.63, 3.8) is 0 Å². The summed E-state index contributed by atoms with van der Waals surface area (Å²) >= 11 is 1.69. The van der Waals surface area contributed by atoms with Crippen molar-refractivity contribution in [2.45, 2.75) is 32.1 Å². The van der Waals surface area contributed by atoms with Crippen molar-refractivity contribution in [3.05, 3.63) is 9.66 Å². The zero-order valence-corrected chi connectivity index (χ0v) is 11.0. The van der Waals surface area contributed by atoms with Gasteiger partial charge in [-0.15, -0.1) is 0 Å². The summed E-state index contributed by atoms with van der Waals surface area (Å²) in [5.41, 5.74) is 0. The van der Waals surface area contributed by atoms with Crippen LogP contribution < -0.4 is 0 Å². The topological polar surface area (TPSA) is 50.1 Å². The minimum absolute atomic E-state index is 0.143. The van der Waals surface area contributed by atoms with Gasteiger partial charge in [0.15, 0.2) is 0 Å². The molecule has 0 saturated carbocycles. The number of carbonyl (C=O) groups is 1. The molecular formula is C10H12F2INO2. The van der Waals surface area contributed by atoms with E-state index in [9.17, 15) is 13.6 Å². The maximum absolute atomic E-state index is 13.1. The molecule has 0 spiro atoms. The molecule has 0 fully saturated rings. The van der Waals surface area contributed by atoms with Gasteiger partial charge in [-0.25, -0.2) is 8.78 Å². The summed E-state index contributed by atoms with van der Waals surface area (Å²) in [6, 6.07) is 1.66. The molecule has 0 atom stereocenters. The highest BCUT2D eigenvalue weighted by molar-refractivity contribution is 14.1. The molecule has 0 aromatic rings. The van der Waals surface area contributed by atoms with Crippen molar-refractivity contribution in [1.29, 1.82) is 5.26 Å². The Morgan fingerprint density at radius 1 is 1.62 bits per heavy atom. The third kappa shape index (κ3) is 7.56. The van der Waals surface area contributed by atoms with Crippen molar-refractivity contribution in [2.75, 3.05) is 6.61 Å². The Bertz CT molecular complexity index is 310. The van der Waals surface area contributed by atoms with Crippen LogP contribution in [0.5, 0.6) is 0 Å². The number of carbonyl (C=O) groups excluding carboxylic acids is 1. The van der Waals surface area contributed by atoms with Gasteiger partial charge < -0.3 is 4.74 Å². The Hall–Kier alpha value is -0.710. The third-order valence-corrected chi connectivity index (χ3v) is 2.22. The van der Waals surface area contributed by atoms with E-state index in [-0.39, 0.29) is 23.0 Å². The van der Waals surface area contributed by atoms with E-state index in [2.05, 4.69) is 0 Å². The fourth-order valence-corrected chi connectivity index (χ4v) is 1.43. The lowest BCUT2D eigenvalue weighted by atomic mass is 10.2. The normalized spacial score (nSPS) is 12.1. The molecule has 90 valence electrons. The molecule has 0 aliphatic carbocycles. The minimum Gasteiger partial charge on any atom is -0.460 e. The van der Waals surface area contributed by atoms with Crippen molar-refractivity contribution < 1.29 is 18.3 Å². The van der Waals surface area contributed by atoms with Crippen LogP contribution >= 0.6 is 22.6 Å². The standard InChI is InChI=1S/C10H12F2INO2/c1-2-9(15)16-7-8(13)6-10(11,12)4-3-5-14/h6H,2-4,7H2,1H3/b8-6-. The Balaban J connectivity index is 4.19. The van der Waals surface area contributed by atoms with Crippen molar-refractivity contribution >= 4 is 28.6 Å². The number of ether oxygens (including phenoxy) is 1. The van der Waals surface area contributed by atoms with Crippen LogP contribution in [0.2, 0.25) is 0 Å². The Labute approximate surface area is 107 Å². The summed E-state index contributed by atoms with van der Waals surface area (Å²) in [4.78, 5) is 10.8. The molecule has 0 amide bonds. The van der Waals surface area contributed by atoms with Crippen LogP contribution in [0.1, 0.15) is 26.2 Å². The maximum Gasteiger partial charge on any atom is 0.305 e. The van der Waals surface area contributed by atoms with Crippen LogP contribution in [-0.2, 0) is 9.53 Å². The van der Waals surface area contributed by atoms with Crippen LogP contribution in [0, 0.1) is 11.3 Å². The van der Waals surface area contributed by atoms with E-state index < -0.39 is 18.3 Å². The number of rotatable bonds is 6. The van der Waals surface area contributed by atoms with Crippen molar-refractivity contribution in [3.8, 4) is 6.07 Å². The molecule has 0 saturated heterocycles. The Kier molecular flexibility index (Phi) is 7.21. The quantitative estimate of drug-likeness (QED) is 0.550. The van der Waals surface area contributed by atoms with E-state index in [1.807, 2.05) is 0 Å². The monoisotopic (exact) mass is 343 g/mol. The second-order valence-corrected chi connectivity index (χ2v) is 4.41. The van der Waals surface area contributed by atoms with E-state index in [4.69, 9.17) is 10.00 Å². The van der Waals surface area contributed by atoms with Gasteiger partial charge in [0.25, 0.3) is 5.92 Å². The van der Waals surface area contributed by atoms with Gasteiger partial charge in [0.1, 0.15) is 6.61 Å². The number of nitrogens with zero attached hydrogens (tertiary/aromatic N) is 1. The lowest BCUT2D eigenvalue weighted by Crippen LogP contribution is -2.13. The van der Waals surface area contributed by atoms with Crippen LogP contribution in [0.25, 0.3) is 0 Å². The summed E-state index contributed by atoms with van der Waals surface area (Å²) in [5.74, 6) is -3.45. The van der Waals surface area contributed by atoms with Crippen LogP contribution in [0.4, 0.5) is 8.78 Å². The predicted octanol–water partition coefficient (Wildman–Crippen LogP) is 3.20. The van der Waals surface area contributed by atoms with Crippen molar-refractivity contribution in [1.82, 2.24) is 0 Å². The Morgan fingerprint density at radius 3 is 2.75 bits per heavy atom. The number of hydrogen-bond donors (Lipinski definition) is 0. The zero-order chi connectivity index (χ0) is 12.6. The Morgan fingerprint density at radius 2 is 2.25 bits per heavy atom. The number of alkyl halides is 2. The van der Waals surface area contributed by atoms with Crippen LogP contribution in [0.3, 0.4) is 0 Å². The molecule has 0 aromatic heterocycles. The van der Waals surface area contributed by atoms with Gasteiger partial charge in [-0.2, -0.15) is 5.26 Å². The average Bonchev–Trinajstić information content (AvgIpc) is 2.22. The smallest absolute Gasteiger partial charge is 0.305 e. The van der Waals surface area contributed by atoms with E-state index in [0.717, 1.165) is 6.08 Å². The van der Waals surface area contributed by atoms with Gasteiger partial charge >= 0.3 is 5.97 Å². The summed E-state index contributed by atoms with van der Waals surface area (Å²) in [6.07, 6.45) is 0.225. The molecule has 0 aliphatic rings. The van der Waals surface area contributed by atoms with E-state index in [1.54, 1.807) is 35.6 Å². The fourth-order valence-electron chi connectivity index (χ4n) is 0.817. The third-order valence-electron chi connectivity index (χ3n) is 1.60. The maximum atomic E-state index is 13.1. The number of nitriles is 1. The second-order valence-electron chi connectivity index (χ2n) is 3.02. The van der Waals surface area contributed by atoms with E-state index in [1.165, 1.54) is 0 Å². The lowest BCUT2D eigenvalue weighted by molar-refractivity contribution is -0.142. The van der Waals surface area contributed by atoms with Gasteiger partial charge in [-0.1, -0.05) is 6.92 Å². The predicted molar refractivity (Wildman–Crippen MR) is 63.1 cm³/mol. The largest absolute Gasteiger partial charge is 0.460 e. The second kappa shape index (κ2) is 7.54. The molecule has 0 aromatic carbocycles. The molecule has 6 heteroatoms. The number of halogens is 3. The van der Waals surface area contributed by atoms with Crippen LogP contribution in [-0.4, -0.2) is 18.5 Å². The average molecular weight is 343 g/mol. The summed E-state index contributed by atoms with van der Waals surface area (Å²) in [6.45, 7) is 1.48. The highest BCUT2D eigenvalue weighted by Gasteiger charge is 2.25. The van der Waals surface area contributed by atoms with Gasteiger partial charge in [-0.05, 0) is 28.7 Å². The van der Waals surface area contributed by atoms with Gasteiger partial charge in [0.05, 0.1) is 6.07 Å².